The van der Waals surface area contributed by atoms with E-state index in [9.17, 15) is 30.0 Å². The predicted molar refractivity (Wildman–Crippen MR) is 112 cm³/mol. The van der Waals surface area contributed by atoms with Crippen molar-refractivity contribution in [1.29, 1.82) is 0 Å². The first kappa shape index (κ1) is 23.8. The number of aromatic hydroxyl groups is 2. The van der Waals surface area contributed by atoms with Crippen LogP contribution in [0.15, 0.2) is 36.4 Å². The summed E-state index contributed by atoms with van der Waals surface area (Å²) in [5.41, 5.74) is 0.919. The molecule has 0 atom stereocenters. The first-order valence-electron chi connectivity index (χ1n) is 8.97. The van der Waals surface area contributed by atoms with Crippen LogP contribution in [0, 0.1) is 0 Å². The van der Waals surface area contributed by atoms with Crippen LogP contribution in [0.25, 0.3) is 0 Å². The molecule has 0 saturated carbocycles. The Bertz CT molecular complexity index is 835. The molecule has 0 amide bonds. The van der Waals surface area contributed by atoms with E-state index in [4.69, 9.17) is 23.2 Å². The van der Waals surface area contributed by atoms with Crippen LogP contribution in [0.3, 0.4) is 0 Å². The fourth-order valence-electron chi connectivity index (χ4n) is 2.94. The third-order valence-electron chi connectivity index (χ3n) is 4.32. The molecule has 10 heteroatoms. The number of carboxylic acid groups (broad SMARTS) is 2. The number of carbonyl (C=O) groups is 2. The van der Waals surface area contributed by atoms with Crippen LogP contribution in [0.2, 0.25) is 10.0 Å². The number of halogens is 2. The summed E-state index contributed by atoms with van der Waals surface area (Å²) >= 11 is 11.9. The summed E-state index contributed by atoms with van der Waals surface area (Å²) in [6, 6.07) is 8.99. The highest BCUT2D eigenvalue weighted by Gasteiger charge is 2.18. The normalized spacial score (nSPS) is 11.2. The van der Waals surface area contributed by atoms with Crippen LogP contribution in [0.5, 0.6) is 11.5 Å². The van der Waals surface area contributed by atoms with Crippen LogP contribution < -0.4 is 0 Å². The van der Waals surface area contributed by atoms with E-state index >= 15 is 0 Å². The minimum Gasteiger partial charge on any atom is -0.508 e. The Morgan fingerprint density at radius 3 is 1.43 bits per heavy atom. The van der Waals surface area contributed by atoms with Gasteiger partial charge in [-0.25, -0.2) is 0 Å². The number of hydrogen-bond acceptors (Lipinski definition) is 6. The number of hydrogen-bond donors (Lipinski definition) is 4. The van der Waals surface area contributed by atoms with E-state index in [-0.39, 0.29) is 50.8 Å². The van der Waals surface area contributed by atoms with Crippen LogP contribution in [-0.4, -0.2) is 68.3 Å². The van der Waals surface area contributed by atoms with E-state index in [1.54, 1.807) is 21.9 Å². The molecule has 4 N–H and O–H groups in total. The summed E-state index contributed by atoms with van der Waals surface area (Å²) in [6.45, 7) is 0.00826. The molecule has 162 valence electrons. The summed E-state index contributed by atoms with van der Waals surface area (Å²) in [5.74, 6) is -2.15. The highest BCUT2D eigenvalue weighted by atomic mass is 35.5. The van der Waals surface area contributed by atoms with E-state index in [1.807, 2.05) is 0 Å². The molecule has 0 heterocycles. The third kappa shape index (κ3) is 7.72. The first-order valence-corrected chi connectivity index (χ1v) is 9.72. The molecule has 2 aromatic carbocycles. The van der Waals surface area contributed by atoms with Crippen LogP contribution in [0.4, 0.5) is 0 Å². The third-order valence-corrected chi connectivity index (χ3v) is 4.79. The van der Waals surface area contributed by atoms with Gasteiger partial charge in [-0.3, -0.25) is 19.4 Å². The maximum Gasteiger partial charge on any atom is 0.317 e. The minimum atomic E-state index is -1.06. The molecule has 0 spiro atoms. The maximum absolute atomic E-state index is 11.3. The van der Waals surface area contributed by atoms with Crippen LogP contribution in [0.1, 0.15) is 11.1 Å². The van der Waals surface area contributed by atoms with Gasteiger partial charge in [-0.05, 0) is 36.4 Å². The molecule has 0 unspecified atom stereocenters. The first-order chi connectivity index (χ1) is 14.1. The second-order valence-corrected chi connectivity index (χ2v) is 7.63. The van der Waals surface area contributed by atoms with E-state index in [0.29, 0.717) is 21.2 Å². The molecule has 2 aromatic rings. The number of carboxylic acids is 2. The van der Waals surface area contributed by atoms with Crippen molar-refractivity contribution >= 4 is 35.1 Å². The molecule has 30 heavy (non-hydrogen) atoms. The lowest BCUT2D eigenvalue weighted by Gasteiger charge is -2.26. The number of aliphatic carboxylic acids is 2. The maximum atomic E-state index is 11.3. The SMILES string of the molecule is O=C(O)CN(CCN(CC(=O)O)Cc1cc(Cl)ccc1O)Cc1cc(Cl)ccc1O. The summed E-state index contributed by atoms with van der Waals surface area (Å²) < 4.78 is 0. The Hall–Kier alpha value is -2.52. The highest BCUT2D eigenvalue weighted by Crippen LogP contribution is 2.24. The van der Waals surface area contributed by atoms with Crippen LogP contribution >= 0.6 is 23.2 Å². The average Bonchev–Trinajstić information content (AvgIpc) is 2.64. The van der Waals surface area contributed by atoms with Crippen molar-refractivity contribution in [2.75, 3.05) is 26.2 Å². The number of phenols is 2. The second-order valence-electron chi connectivity index (χ2n) is 6.75. The summed E-state index contributed by atoms with van der Waals surface area (Å²) in [7, 11) is 0. The fourth-order valence-corrected chi connectivity index (χ4v) is 3.33. The molecule has 0 bridgehead atoms. The predicted octanol–water partition coefficient (Wildman–Crippen LogP) is 2.88. The van der Waals surface area contributed by atoms with Gasteiger partial charge in [0.05, 0.1) is 13.1 Å². The Kier molecular flexibility index (Phi) is 8.73. The molecule has 0 saturated heterocycles. The topological polar surface area (TPSA) is 122 Å². The standard InChI is InChI=1S/C20H22Cl2N2O6/c21-15-1-3-17(25)13(7-15)9-23(11-19(27)28)5-6-24(12-20(29)30)10-14-8-16(22)2-4-18(14)26/h1-4,7-8,25-26H,5-6,9-12H2,(H,27,28)(H,29,30). The molecule has 0 aliphatic carbocycles. The average molecular weight is 457 g/mol. The summed E-state index contributed by atoms with van der Waals surface area (Å²) in [4.78, 5) is 25.6. The monoisotopic (exact) mass is 456 g/mol. The molecule has 0 radical (unpaired) electrons. The van der Waals surface area contributed by atoms with Gasteiger partial charge >= 0.3 is 11.9 Å². The molecular formula is C20H22Cl2N2O6. The van der Waals surface area contributed by atoms with Gasteiger partial charge in [-0.1, -0.05) is 23.2 Å². The molecule has 0 aliphatic rings. The zero-order valence-corrected chi connectivity index (χ0v) is 17.5. The van der Waals surface area contributed by atoms with E-state index in [1.165, 1.54) is 24.3 Å². The largest absolute Gasteiger partial charge is 0.508 e. The Balaban J connectivity index is 2.13. The summed E-state index contributed by atoms with van der Waals surface area (Å²) in [6.07, 6.45) is 0. The number of nitrogens with zero attached hydrogens (tertiary/aromatic N) is 2. The van der Waals surface area contributed by atoms with Crippen molar-refractivity contribution < 1.29 is 30.0 Å². The number of rotatable bonds is 11. The molecule has 2 rings (SSSR count). The number of phenolic OH excluding ortho intramolecular Hbond substituents is 2. The van der Waals surface area contributed by atoms with Crippen molar-refractivity contribution in [2.24, 2.45) is 0 Å². The smallest absolute Gasteiger partial charge is 0.317 e. The van der Waals surface area contributed by atoms with E-state index in [2.05, 4.69) is 0 Å². The van der Waals surface area contributed by atoms with E-state index in [0.717, 1.165) is 0 Å². The van der Waals surface area contributed by atoms with Gasteiger partial charge in [0.15, 0.2) is 0 Å². The fraction of sp³-hybridized carbons (Fsp3) is 0.300. The quantitative estimate of drug-likeness (QED) is 0.407. The summed E-state index contributed by atoms with van der Waals surface area (Å²) in [5, 5.41) is 39.2. The lowest BCUT2D eigenvalue weighted by atomic mass is 10.1. The molecule has 8 nitrogen and oxygen atoms in total. The van der Waals surface area contributed by atoms with Crippen molar-refractivity contribution in [1.82, 2.24) is 9.80 Å². The van der Waals surface area contributed by atoms with Crippen molar-refractivity contribution in [3.05, 3.63) is 57.6 Å². The van der Waals surface area contributed by atoms with Crippen molar-refractivity contribution in [3.63, 3.8) is 0 Å². The van der Waals surface area contributed by atoms with Gasteiger partial charge in [-0.15, -0.1) is 0 Å². The van der Waals surface area contributed by atoms with Crippen molar-refractivity contribution in [3.8, 4) is 11.5 Å². The van der Waals surface area contributed by atoms with Crippen LogP contribution in [-0.2, 0) is 22.7 Å². The lowest BCUT2D eigenvalue weighted by molar-refractivity contribution is -0.140. The van der Waals surface area contributed by atoms with Gasteiger partial charge in [0.2, 0.25) is 0 Å². The highest BCUT2D eigenvalue weighted by molar-refractivity contribution is 6.31. The molecule has 0 fully saturated rings. The zero-order chi connectivity index (χ0) is 22.3. The zero-order valence-electron chi connectivity index (χ0n) is 16.0. The lowest BCUT2D eigenvalue weighted by Crippen LogP contribution is -2.39. The van der Waals surface area contributed by atoms with Gasteiger partial charge in [0, 0.05) is 47.4 Å². The Morgan fingerprint density at radius 2 is 1.10 bits per heavy atom. The Morgan fingerprint density at radius 1 is 0.733 bits per heavy atom. The molecular weight excluding hydrogens is 435 g/mol. The van der Waals surface area contributed by atoms with Crippen molar-refractivity contribution in [2.45, 2.75) is 13.1 Å². The molecule has 0 aromatic heterocycles. The van der Waals surface area contributed by atoms with Gasteiger partial charge in [0.25, 0.3) is 0 Å². The number of benzene rings is 2. The minimum absolute atomic E-state index is 0.0129. The Labute approximate surface area is 183 Å². The van der Waals surface area contributed by atoms with E-state index < -0.39 is 11.9 Å². The second kappa shape index (κ2) is 11.0. The molecule has 0 aliphatic heterocycles. The van der Waals surface area contributed by atoms with Gasteiger partial charge < -0.3 is 20.4 Å². The van der Waals surface area contributed by atoms with Gasteiger partial charge in [-0.2, -0.15) is 0 Å². The van der Waals surface area contributed by atoms with Gasteiger partial charge in [0.1, 0.15) is 11.5 Å².